The van der Waals surface area contributed by atoms with Gasteiger partial charge in [0.25, 0.3) is 0 Å². The normalized spacial score (nSPS) is 16.2. The molecule has 0 amide bonds. The molecule has 1 aliphatic carbocycles. The summed E-state index contributed by atoms with van der Waals surface area (Å²) in [7, 11) is 1.75. The van der Waals surface area contributed by atoms with Crippen molar-refractivity contribution in [3.8, 4) is 0 Å². The van der Waals surface area contributed by atoms with E-state index in [1.165, 1.54) is 12.8 Å². The van der Waals surface area contributed by atoms with Crippen LogP contribution in [0.1, 0.15) is 24.6 Å². The Hall–Kier alpha value is -1.59. The molecule has 1 heterocycles. The number of hydrogen-bond acceptors (Lipinski definition) is 4. The first kappa shape index (κ1) is 10.9. The van der Waals surface area contributed by atoms with Gasteiger partial charge in [0, 0.05) is 13.6 Å². The molecular formula is C10H17N5O. The summed E-state index contributed by atoms with van der Waals surface area (Å²) in [5.74, 6) is 2.83. The second-order valence-electron chi connectivity index (χ2n) is 3.99. The number of aliphatic imine (C=N–C) groups is 1. The van der Waals surface area contributed by atoms with Crippen LogP contribution in [0.25, 0.3) is 0 Å². The summed E-state index contributed by atoms with van der Waals surface area (Å²) >= 11 is 0. The Morgan fingerprint density at radius 1 is 1.50 bits per heavy atom. The van der Waals surface area contributed by atoms with Gasteiger partial charge in [0.15, 0.2) is 11.8 Å². The Morgan fingerprint density at radius 2 is 2.31 bits per heavy atom. The minimum absolute atomic E-state index is 0.505. The molecule has 16 heavy (non-hydrogen) atoms. The number of nitrogens with one attached hydrogen (secondary N) is 2. The molecule has 0 saturated heterocycles. The summed E-state index contributed by atoms with van der Waals surface area (Å²) in [6, 6.07) is 0. The van der Waals surface area contributed by atoms with Crippen molar-refractivity contribution in [2.24, 2.45) is 10.9 Å². The third-order valence-electron chi connectivity index (χ3n) is 2.46. The lowest BCUT2D eigenvalue weighted by molar-refractivity contribution is 0.371. The van der Waals surface area contributed by atoms with Gasteiger partial charge >= 0.3 is 0 Å². The van der Waals surface area contributed by atoms with Crippen molar-refractivity contribution in [2.75, 3.05) is 13.6 Å². The van der Waals surface area contributed by atoms with Gasteiger partial charge in [-0.25, -0.2) is 0 Å². The molecule has 0 aromatic carbocycles. The molecule has 6 nitrogen and oxygen atoms in total. The van der Waals surface area contributed by atoms with Crippen LogP contribution in [-0.4, -0.2) is 29.7 Å². The van der Waals surface area contributed by atoms with E-state index in [-0.39, 0.29) is 0 Å². The molecular weight excluding hydrogens is 206 g/mol. The molecule has 0 bridgehead atoms. The number of rotatable bonds is 4. The summed E-state index contributed by atoms with van der Waals surface area (Å²) in [4.78, 5) is 8.22. The van der Waals surface area contributed by atoms with Crippen LogP contribution in [0.15, 0.2) is 9.52 Å². The van der Waals surface area contributed by atoms with Gasteiger partial charge in [-0.2, -0.15) is 4.98 Å². The molecule has 0 spiro atoms. The van der Waals surface area contributed by atoms with Crippen molar-refractivity contribution >= 4 is 5.96 Å². The Morgan fingerprint density at radius 3 is 2.88 bits per heavy atom. The fraction of sp³-hybridized carbons (Fsp3) is 0.700. The number of nitrogens with zero attached hydrogens (tertiary/aromatic N) is 3. The summed E-state index contributed by atoms with van der Waals surface area (Å²) in [6.45, 7) is 3.29. The van der Waals surface area contributed by atoms with E-state index in [1.54, 1.807) is 14.0 Å². The molecule has 0 unspecified atom stereocenters. The van der Waals surface area contributed by atoms with E-state index in [0.717, 1.165) is 18.4 Å². The van der Waals surface area contributed by atoms with Gasteiger partial charge in [-0.1, -0.05) is 5.16 Å². The van der Waals surface area contributed by atoms with Crippen molar-refractivity contribution in [3.05, 3.63) is 11.7 Å². The zero-order valence-corrected chi connectivity index (χ0v) is 9.66. The van der Waals surface area contributed by atoms with Gasteiger partial charge in [-0.15, -0.1) is 0 Å². The van der Waals surface area contributed by atoms with Crippen molar-refractivity contribution in [3.63, 3.8) is 0 Å². The topological polar surface area (TPSA) is 75.3 Å². The van der Waals surface area contributed by atoms with Crippen LogP contribution in [-0.2, 0) is 6.54 Å². The third-order valence-corrected chi connectivity index (χ3v) is 2.46. The Bertz CT molecular complexity index is 369. The second-order valence-corrected chi connectivity index (χ2v) is 3.99. The molecule has 1 aliphatic rings. The van der Waals surface area contributed by atoms with E-state index in [9.17, 15) is 0 Å². The smallest absolute Gasteiger partial charge is 0.246 e. The molecule has 0 radical (unpaired) electrons. The van der Waals surface area contributed by atoms with E-state index in [1.807, 2.05) is 0 Å². The number of hydrogen-bond donors (Lipinski definition) is 2. The van der Waals surface area contributed by atoms with Crippen LogP contribution in [0.2, 0.25) is 0 Å². The predicted octanol–water partition coefficient (Wildman–Crippen LogP) is 0.453. The van der Waals surface area contributed by atoms with E-state index >= 15 is 0 Å². The lowest BCUT2D eigenvalue weighted by atomic mass is 10.4. The Labute approximate surface area is 94.5 Å². The van der Waals surface area contributed by atoms with Crippen molar-refractivity contribution in [1.82, 2.24) is 20.8 Å². The van der Waals surface area contributed by atoms with E-state index in [0.29, 0.717) is 18.3 Å². The minimum atomic E-state index is 0.505. The molecule has 1 fully saturated rings. The molecule has 88 valence electrons. The highest BCUT2D eigenvalue weighted by Gasteiger charge is 2.21. The van der Waals surface area contributed by atoms with Gasteiger partial charge in [-0.05, 0) is 25.7 Å². The van der Waals surface area contributed by atoms with Gasteiger partial charge in [0.2, 0.25) is 5.89 Å². The molecule has 1 aromatic heterocycles. The van der Waals surface area contributed by atoms with Crippen LogP contribution >= 0.6 is 0 Å². The van der Waals surface area contributed by atoms with Crippen LogP contribution in [0.4, 0.5) is 0 Å². The maximum atomic E-state index is 4.99. The highest BCUT2D eigenvalue weighted by atomic mass is 16.5. The first-order chi connectivity index (χ1) is 7.78. The molecule has 0 atom stereocenters. The molecule has 1 saturated carbocycles. The molecule has 2 N–H and O–H groups in total. The summed E-state index contributed by atoms with van der Waals surface area (Å²) in [6.07, 6.45) is 2.65. The average Bonchev–Trinajstić information content (AvgIpc) is 3.02. The Balaban J connectivity index is 1.73. The zero-order valence-electron chi connectivity index (χ0n) is 9.66. The lowest BCUT2D eigenvalue weighted by Gasteiger charge is -2.09. The van der Waals surface area contributed by atoms with Crippen molar-refractivity contribution in [2.45, 2.75) is 26.3 Å². The second kappa shape index (κ2) is 4.96. The van der Waals surface area contributed by atoms with Gasteiger partial charge < -0.3 is 15.2 Å². The van der Waals surface area contributed by atoms with Crippen LogP contribution in [0.5, 0.6) is 0 Å². The van der Waals surface area contributed by atoms with Gasteiger partial charge in [-0.3, -0.25) is 4.99 Å². The zero-order chi connectivity index (χ0) is 11.4. The van der Waals surface area contributed by atoms with E-state index in [4.69, 9.17) is 4.52 Å². The van der Waals surface area contributed by atoms with Gasteiger partial charge in [0.1, 0.15) is 0 Å². The predicted molar refractivity (Wildman–Crippen MR) is 60.0 cm³/mol. The summed E-state index contributed by atoms with van der Waals surface area (Å²) in [5, 5.41) is 10.1. The molecule has 1 aromatic rings. The number of aryl methyl sites for hydroxylation is 1. The van der Waals surface area contributed by atoms with Crippen LogP contribution < -0.4 is 10.6 Å². The number of guanidine groups is 1. The third kappa shape index (κ3) is 3.22. The van der Waals surface area contributed by atoms with Crippen LogP contribution in [0, 0.1) is 12.8 Å². The highest BCUT2D eigenvalue weighted by Crippen LogP contribution is 2.27. The standard InChI is InChI=1S/C10H17N5O/c1-7-14-9(16-15-7)6-13-10(11-2)12-5-8-3-4-8/h8H,3-6H2,1-2H3,(H2,11,12,13). The quantitative estimate of drug-likeness (QED) is 0.572. The maximum absolute atomic E-state index is 4.99. The van der Waals surface area contributed by atoms with Crippen LogP contribution in [0.3, 0.4) is 0 Å². The van der Waals surface area contributed by atoms with Crippen molar-refractivity contribution in [1.29, 1.82) is 0 Å². The molecule has 0 aliphatic heterocycles. The van der Waals surface area contributed by atoms with E-state index in [2.05, 4.69) is 25.8 Å². The average molecular weight is 223 g/mol. The largest absolute Gasteiger partial charge is 0.356 e. The van der Waals surface area contributed by atoms with Gasteiger partial charge in [0.05, 0.1) is 6.54 Å². The number of aromatic nitrogens is 2. The summed E-state index contributed by atoms with van der Waals surface area (Å²) in [5.41, 5.74) is 0. The fourth-order valence-electron chi connectivity index (χ4n) is 1.35. The SMILES string of the molecule is CN=C(NCc1nc(C)no1)NCC1CC1. The Kier molecular flexibility index (Phi) is 3.38. The summed E-state index contributed by atoms with van der Waals surface area (Å²) < 4.78 is 4.99. The maximum Gasteiger partial charge on any atom is 0.246 e. The highest BCUT2D eigenvalue weighted by molar-refractivity contribution is 5.79. The first-order valence-electron chi connectivity index (χ1n) is 5.51. The van der Waals surface area contributed by atoms with E-state index < -0.39 is 0 Å². The minimum Gasteiger partial charge on any atom is -0.356 e. The first-order valence-corrected chi connectivity index (χ1v) is 5.51. The monoisotopic (exact) mass is 223 g/mol. The van der Waals surface area contributed by atoms with Crippen molar-refractivity contribution < 1.29 is 4.52 Å². The lowest BCUT2D eigenvalue weighted by Crippen LogP contribution is -2.37. The molecule has 6 heteroatoms. The fourth-order valence-corrected chi connectivity index (χ4v) is 1.35. The molecule has 2 rings (SSSR count).